The Hall–Kier alpha value is -1.14. The summed E-state index contributed by atoms with van der Waals surface area (Å²) in [5, 5.41) is 3.14. The summed E-state index contributed by atoms with van der Waals surface area (Å²) in [5.41, 5.74) is 1.23. The van der Waals surface area contributed by atoms with Crippen molar-refractivity contribution >= 4 is 0 Å². The molecule has 0 aliphatic rings. The Kier molecular flexibility index (Phi) is 9.82. The van der Waals surface area contributed by atoms with Crippen molar-refractivity contribution in [3.8, 4) is 5.75 Å². The molecular weight excluding hydrogens is 268 g/mol. The van der Waals surface area contributed by atoms with Gasteiger partial charge in [-0.2, -0.15) is 0 Å². The second-order valence-electron chi connectivity index (χ2n) is 4.85. The number of ether oxygens (including phenoxy) is 3. The molecule has 0 spiro atoms. The number of rotatable bonds is 12. The summed E-state index contributed by atoms with van der Waals surface area (Å²) in [6, 6.07) is 8.18. The summed E-state index contributed by atoms with van der Waals surface area (Å²) in [6.45, 7) is 5.61. The van der Waals surface area contributed by atoms with Crippen molar-refractivity contribution in [2.75, 3.05) is 60.7 Å². The standard InChI is InChI=1S/C16H28N2O3/c1-17-14-15-5-4-6-16(13-15)21-12-9-18(7-10-19-2)8-11-20-3/h4-6,13,17H,7-12,14H2,1-3H3. The first-order chi connectivity index (χ1) is 10.3. The average Bonchev–Trinajstić information content (AvgIpc) is 2.50. The van der Waals surface area contributed by atoms with E-state index in [-0.39, 0.29) is 0 Å². The first-order valence-corrected chi connectivity index (χ1v) is 7.36. The molecule has 0 saturated heterocycles. The largest absolute Gasteiger partial charge is 0.492 e. The van der Waals surface area contributed by atoms with Gasteiger partial charge in [0.25, 0.3) is 0 Å². The van der Waals surface area contributed by atoms with Crippen molar-refractivity contribution in [3.63, 3.8) is 0 Å². The van der Waals surface area contributed by atoms with Gasteiger partial charge in [-0.1, -0.05) is 12.1 Å². The Balaban J connectivity index is 2.35. The van der Waals surface area contributed by atoms with Gasteiger partial charge in [-0.25, -0.2) is 0 Å². The molecular formula is C16H28N2O3. The van der Waals surface area contributed by atoms with Crippen LogP contribution >= 0.6 is 0 Å². The molecule has 5 nitrogen and oxygen atoms in total. The maximum absolute atomic E-state index is 5.83. The van der Waals surface area contributed by atoms with Gasteiger partial charge in [-0.3, -0.25) is 4.90 Å². The zero-order valence-corrected chi connectivity index (χ0v) is 13.4. The lowest BCUT2D eigenvalue weighted by Crippen LogP contribution is -2.34. The molecule has 5 heteroatoms. The van der Waals surface area contributed by atoms with Gasteiger partial charge in [0.1, 0.15) is 12.4 Å². The molecule has 0 aromatic heterocycles. The van der Waals surface area contributed by atoms with Crippen LogP contribution < -0.4 is 10.1 Å². The highest BCUT2D eigenvalue weighted by Gasteiger charge is 2.05. The van der Waals surface area contributed by atoms with Crippen molar-refractivity contribution < 1.29 is 14.2 Å². The highest BCUT2D eigenvalue weighted by molar-refractivity contribution is 5.28. The summed E-state index contributed by atoms with van der Waals surface area (Å²) < 4.78 is 16.1. The molecule has 0 unspecified atom stereocenters. The van der Waals surface area contributed by atoms with E-state index in [2.05, 4.69) is 22.3 Å². The Bertz CT molecular complexity index is 366. The second kappa shape index (κ2) is 11.5. The van der Waals surface area contributed by atoms with Crippen LogP contribution in [0.5, 0.6) is 5.75 Å². The van der Waals surface area contributed by atoms with E-state index in [0.717, 1.165) is 45.1 Å². The number of nitrogens with one attached hydrogen (secondary N) is 1. The van der Waals surface area contributed by atoms with Crippen LogP contribution in [0.25, 0.3) is 0 Å². The molecule has 0 heterocycles. The zero-order valence-electron chi connectivity index (χ0n) is 13.4. The van der Waals surface area contributed by atoms with Gasteiger partial charge in [0.2, 0.25) is 0 Å². The SMILES string of the molecule is CNCc1cccc(OCCN(CCOC)CCOC)c1. The minimum absolute atomic E-state index is 0.663. The topological polar surface area (TPSA) is 43.0 Å². The molecule has 1 rings (SSSR count). The van der Waals surface area contributed by atoms with Gasteiger partial charge in [-0.15, -0.1) is 0 Å². The molecule has 120 valence electrons. The van der Waals surface area contributed by atoms with E-state index >= 15 is 0 Å². The summed E-state index contributed by atoms with van der Waals surface area (Å²) in [7, 11) is 5.38. The third kappa shape index (κ3) is 8.02. The summed E-state index contributed by atoms with van der Waals surface area (Å²) in [5.74, 6) is 0.918. The van der Waals surface area contributed by atoms with Crippen molar-refractivity contribution in [2.24, 2.45) is 0 Å². The molecule has 0 fully saturated rings. The molecule has 0 aliphatic carbocycles. The number of methoxy groups -OCH3 is 2. The lowest BCUT2D eigenvalue weighted by Gasteiger charge is -2.21. The fraction of sp³-hybridized carbons (Fsp3) is 0.625. The van der Waals surface area contributed by atoms with Crippen molar-refractivity contribution in [2.45, 2.75) is 6.54 Å². The Labute approximate surface area is 128 Å². The van der Waals surface area contributed by atoms with Crippen molar-refractivity contribution in [1.82, 2.24) is 10.2 Å². The van der Waals surface area contributed by atoms with Gasteiger partial charge < -0.3 is 19.5 Å². The van der Waals surface area contributed by atoms with E-state index in [1.807, 2.05) is 19.2 Å². The monoisotopic (exact) mass is 296 g/mol. The first kappa shape index (κ1) is 17.9. The highest BCUT2D eigenvalue weighted by atomic mass is 16.5. The van der Waals surface area contributed by atoms with E-state index in [1.165, 1.54) is 5.56 Å². The van der Waals surface area contributed by atoms with Gasteiger partial charge in [0.15, 0.2) is 0 Å². The average molecular weight is 296 g/mol. The Morgan fingerprint density at radius 1 is 1.00 bits per heavy atom. The van der Waals surface area contributed by atoms with Crippen LogP contribution in [0.3, 0.4) is 0 Å². The Morgan fingerprint density at radius 2 is 1.67 bits per heavy atom. The molecule has 1 aromatic carbocycles. The van der Waals surface area contributed by atoms with Gasteiger partial charge in [0, 0.05) is 40.4 Å². The first-order valence-electron chi connectivity index (χ1n) is 7.36. The predicted molar refractivity (Wildman–Crippen MR) is 84.9 cm³/mol. The zero-order chi connectivity index (χ0) is 15.3. The Morgan fingerprint density at radius 3 is 2.29 bits per heavy atom. The van der Waals surface area contributed by atoms with E-state index < -0.39 is 0 Å². The third-order valence-electron chi connectivity index (χ3n) is 3.18. The van der Waals surface area contributed by atoms with Crippen LogP contribution in [0.4, 0.5) is 0 Å². The van der Waals surface area contributed by atoms with Crippen LogP contribution in [0, 0.1) is 0 Å². The maximum Gasteiger partial charge on any atom is 0.119 e. The molecule has 21 heavy (non-hydrogen) atoms. The summed E-state index contributed by atoms with van der Waals surface area (Å²) in [6.07, 6.45) is 0. The number of benzene rings is 1. The minimum atomic E-state index is 0.663. The quantitative estimate of drug-likeness (QED) is 0.631. The number of hydrogen-bond donors (Lipinski definition) is 1. The van der Waals surface area contributed by atoms with Gasteiger partial charge in [-0.05, 0) is 24.7 Å². The molecule has 0 aliphatic heterocycles. The normalized spacial score (nSPS) is 11.0. The summed E-state index contributed by atoms with van der Waals surface area (Å²) >= 11 is 0. The number of hydrogen-bond acceptors (Lipinski definition) is 5. The van der Waals surface area contributed by atoms with Crippen LogP contribution in [0.1, 0.15) is 5.56 Å². The van der Waals surface area contributed by atoms with E-state index in [0.29, 0.717) is 6.61 Å². The molecule has 0 radical (unpaired) electrons. The lowest BCUT2D eigenvalue weighted by molar-refractivity contribution is 0.104. The van der Waals surface area contributed by atoms with Gasteiger partial charge >= 0.3 is 0 Å². The predicted octanol–water partition coefficient (Wildman–Crippen LogP) is 1.38. The van der Waals surface area contributed by atoms with E-state index in [1.54, 1.807) is 14.2 Å². The molecule has 0 atom stereocenters. The highest BCUT2D eigenvalue weighted by Crippen LogP contribution is 2.13. The van der Waals surface area contributed by atoms with Crippen LogP contribution in [-0.4, -0.2) is 65.6 Å². The summed E-state index contributed by atoms with van der Waals surface area (Å²) in [4.78, 5) is 2.28. The van der Waals surface area contributed by atoms with Crippen molar-refractivity contribution in [3.05, 3.63) is 29.8 Å². The maximum atomic E-state index is 5.83. The fourth-order valence-electron chi connectivity index (χ4n) is 2.02. The van der Waals surface area contributed by atoms with Crippen LogP contribution in [0.2, 0.25) is 0 Å². The lowest BCUT2D eigenvalue weighted by atomic mass is 10.2. The van der Waals surface area contributed by atoms with Crippen molar-refractivity contribution in [1.29, 1.82) is 0 Å². The minimum Gasteiger partial charge on any atom is -0.492 e. The van der Waals surface area contributed by atoms with E-state index in [9.17, 15) is 0 Å². The van der Waals surface area contributed by atoms with Crippen LogP contribution in [0.15, 0.2) is 24.3 Å². The molecule has 0 amide bonds. The molecule has 0 saturated carbocycles. The van der Waals surface area contributed by atoms with Gasteiger partial charge in [0.05, 0.1) is 13.2 Å². The fourth-order valence-corrected chi connectivity index (χ4v) is 2.02. The molecule has 1 N–H and O–H groups in total. The smallest absolute Gasteiger partial charge is 0.119 e. The second-order valence-corrected chi connectivity index (χ2v) is 4.85. The van der Waals surface area contributed by atoms with Crippen LogP contribution in [-0.2, 0) is 16.0 Å². The van der Waals surface area contributed by atoms with E-state index in [4.69, 9.17) is 14.2 Å². The number of nitrogens with zero attached hydrogens (tertiary/aromatic N) is 1. The molecule has 0 bridgehead atoms. The molecule has 1 aromatic rings. The third-order valence-corrected chi connectivity index (χ3v) is 3.18.